The summed E-state index contributed by atoms with van der Waals surface area (Å²) >= 11 is 3.17. The van der Waals surface area contributed by atoms with E-state index in [2.05, 4.69) is 36.2 Å². The zero-order valence-corrected chi connectivity index (χ0v) is 15.2. The third-order valence-corrected chi connectivity index (χ3v) is 4.27. The van der Waals surface area contributed by atoms with Crippen molar-refractivity contribution >= 4 is 27.7 Å². The number of rotatable bonds is 5. The van der Waals surface area contributed by atoms with Gasteiger partial charge in [0, 0.05) is 29.3 Å². The van der Waals surface area contributed by atoms with Gasteiger partial charge in [0.25, 0.3) is 5.56 Å². The predicted molar refractivity (Wildman–Crippen MR) is 97.4 cm³/mol. The van der Waals surface area contributed by atoms with E-state index in [-0.39, 0.29) is 23.8 Å². The second kappa shape index (κ2) is 7.52. The minimum absolute atomic E-state index is 0.113. The van der Waals surface area contributed by atoms with Crippen LogP contribution in [-0.2, 0) is 7.05 Å². The number of halogens is 2. The van der Waals surface area contributed by atoms with Crippen molar-refractivity contribution < 1.29 is 9.18 Å². The fraction of sp³-hybridized carbons (Fsp3) is 0.118. The van der Waals surface area contributed by atoms with E-state index in [0.717, 1.165) is 0 Å². The normalized spacial score (nSPS) is 10.6. The summed E-state index contributed by atoms with van der Waals surface area (Å²) in [5.74, 6) is -0.501. The largest absolute Gasteiger partial charge is 0.348 e. The third kappa shape index (κ3) is 3.83. The lowest BCUT2D eigenvalue weighted by Crippen LogP contribution is -2.24. The first kappa shape index (κ1) is 17.9. The van der Waals surface area contributed by atoms with Crippen LogP contribution in [0, 0.1) is 5.82 Å². The standard InChI is InChI=1S/C17H13BrFN5O2/c1-24-16(26)7-14(13-4-5-20-9-22-13)23-17(24)21-8-15(25)11-3-2-10(19)6-12(11)18/h2-7,9H,8H2,1H3,(H,21,23). The van der Waals surface area contributed by atoms with E-state index in [9.17, 15) is 14.0 Å². The number of anilines is 1. The molecule has 0 bridgehead atoms. The highest BCUT2D eigenvalue weighted by Gasteiger charge is 2.13. The van der Waals surface area contributed by atoms with Gasteiger partial charge >= 0.3 is 0 Å². The highest BCUT2D eigenvalue weighted by molar-refractivity contribution is 9.10. The summed E-state index contributed by atoms with van der Waals surface area (Å²) in [5.41, 5.74) is 0.893. The lowest BCUT2D eigenvalue weighted by Gasteiger charge is -2.11. The van der Waals surface area contributed by atoms with Gasteiger partial charge in [-0.05, 0) is 40.2 Å². The van der Waals surface area contributed by atoms with Gasteiger partial charge in [0.15, 0.2) is 5.78 Å². The van der Waals surface area contributed by atoms with Gasteiger partial charge in [-0.25, -0.2) is 19.3 Å². The summed E-state index contributed by atoms with van der Waals surface area (Å²) < 4.78 is 14.8. The van der Waals surface area contributed by atoms with E-state index in [1.165, 1.54) is 35.2 Å². The van der Waals surface area contributed by atoms with E-state index in [4.69, 9.17) is 0 Å². The first-order chi connectivity index (χ1) is 12.5. The molecule has 2 aromatic heterocycles. The summed E-state index contributed by atoms with van der Waals surface area (Å²) in [6.45, 7) is -0.113. The summed E-state index contributed by atoms with van der Waals surface area (Å²) in [5, 5.41) is 2.85. The Bertz CT molecular complexity index is 1020. The van der Waals surface area contributed by atoms with Crippen LogP contribution in [0.25, 0.3) is 11.4 Å². The molecule has 0 radical (unpaired) electrons. The highest BCUT2D eigenvalue weighted by Crippen LogP contribution is 2.19. The van der Waals surface area contributed by atoms with Crippen LogP contribution < -0.4 is 10.9 Å². The molecular weight excluding hydrogens is 405 g/mol. The molecule has 0 saturated heterocycles. The molecule has 0 saturated carbocycles. The topological polar surface area (TPSA) is 89.8 Å². The Balaban J connectivity index is 1.84. The Morgan fingerprint density at radius 3 is 2.77 bits per heavy atom. The lowest BCUT2D eigenvalue weighted by atomic mass is 10.1. The van der Waals surface area contributed by atoms with Crippen molar-refractivity contribution in [3.05, 3.63) is 69.1 Å². The Morgan fingerprint density at radius 2 is 2.08 bits per heavy atom. The number of hydrogen-bond acceptors (Lipinski definition) is 6. The molecule has 3 aromatic rings. The summed E-state index contributed by atoms with van der Waals surface area (Å²) in [6, 6.07) is 6.81. The second-order valence-corrected chi connectivity index (χ2v) is 6.21. The molecule has 0 aliphatic heterocycles. The van der Waals surface area contributed by atoms with Gasteiger partial charge in [-0.3, -0.25) is 14.2 Å². The highest BCUT2D eigenvalue weighted by atomic mass is 79.9. The molecule has 0 fully saturated rings. The molecule has 7 nitrogen and oxygen atoms in total. The Hall–Kier alpha value is -2.94. The van der Waals surface area contributed by atoms with Gasteiger partial charge in [-0.1, -0.05) is 0 Å². The molecule has 0 aliphatic rings. The molecule has 132 valence electrons. The average Bonchev–Trinajstić information content (AvgIpc) is 2.63. The van der Waals surface area contributed by atoms with Crippen LogP contribution in [0.1, 0.15) is 10.4 Å². The fourth-order valence-electron chi connectivity index (χ4n) is 2.24. The molecule has 0 aliphatic carbocycles. The smallest absolute Gasteiger partial charge is 0.255 e. The molecule has 1 aromatic carbocycles. The number of ketones is 1. The minimum atomic E-state index is -0.442. The van der Waals surface area contributed by atoms with E-state index in [1.54, 1.807) is 19.3 Å². The molecule has 26 heavy (non-hydrogen) atoms. The number of aromatic nitrogens is 4. The maximum atomic E-state index is 13.1. The number of benzene rings is 1. The van der Waals surface area contributed by atoms with Crippen molar-refractivity contribution in [2.75, 3.05) is 11.9 Å². The first-order valence-electron chi connectivity index (χ1n) is 7.52. The Morgan fingerprint density at radius 1 is 1.27 bits per heavy atom. The zero-order valence-electron chi connectivity index (χ0n) is 13.6. The molecule has 1 N–H and O–H groups in total. The monoisotopic (exact) mass is 417 g/mol. The number of nitrogens with zero attached hydrogens (tertiary/aromatic N) is 4. The van der Waals surface area contributed by atoms with Crippen molar-refractivity contribution in [1.29, 1.82) is 0 Å². The molecule has 2 heterocycles. The quantitative estimate of drug-likeness (QED) is 0.641. The zero-order chi connectivity index (χ0) is 18.7. The van der Waals surface area contributed by atoms with Gasteiger partial charge < -0.3 is 5.32 Å². The van der Waals surface area contributed by atoms with Crippen molar-refractivity contribution in [1.82, 2.24) is 19.5 Å². The van der Waals surface area contributed by atoms with E-state index in [1.807, 2.05) is 0 Å². The molecule has 0 amide bonds. The maximum absolute atomic E-state index is 13.1. The number of carbonyl (C=O) groups is 1. The second-order valence-electron chi connectivity index (χ2n) is 5.36. The van der Waals surface area contributed by atoms with Crippen LogP contribution in [0.4, 0.5) is 10.3 Å². The third-order valence-electron chi connectivity index (χ3n) is 3.62. The molecule has 0 unspecified atom stereocenters. The summed E-state index contributed by atoms with van der Waals surface area (Å²) in [7, 11) is 1.54. The van der Waals surface area contributed by atoms with Crippen molar-refractivity contribution in [3.63, 3.8) is 0 Å². The number of carbonyl (C=O) groups excluding carboxylic acids is 1. The Kier molecular flexibility index (Phi) is 5.17. The summed E-state index contributed by atoms with van der Waals surface area (Å²) in [4.78, 5) is 36.7. The molecule has 3 rings (SSSR count). The van der Waals surface area contributed by atoms with Crippen molar-refractivity contribution in [2.24, 2.45) is 7.05 Å². The van der Waals surface area contributed by atoms with Crippen molar-refractivity contribution in [3.8, 4) is 11.4 Å². The molecule has 0 spiro atoms. The van der Waals surface area contributed by atoms with Crippen LogP contribution in [0.5, 0.6) is 0 Å². The van der Waals surface area contributed by atoms with Crippen LogP contribution in [-0.4, -0.2) is 31.8 Å². The number of Topliss-reactive ketones (excluding diaryl/α,β-unsaturated/α-hetero) is 1. The summed E-state index contributed by atoms with van der Waals surface area (Å²) in [6.07, 6.45) is 2.90. The lowest BCUT2D eigenvalue weighted by molar-refractivity contribution is 0.100. The van der Waals surface area contributed by atoms with Gasteiger partial charge in [-0.2, -0.15) is 0 Å². The van der Waals surface area contributed by atoms with Crippen LogP contribution >= 0.6 is 15.9 Å². The SMILES string of the molecule is Cn1c(NCC(=O)c2ccc(F)cc2Br)nc(-c2ccncn2)cc1=O. The van der Waals surface area contributed by atoms with Gasteiger partial charge in [0.1, 0.15) is 12.1 Å². The van der Waals surface area contributed by atoms with E-state index in [0.29, 0.717) is 21.4 Å². The molecule has 0 atom stereocenters. The van der Waals surface area contributed by atoms with Crippen LogP contribution in [0.15, 0.2) is 52.1 Å². The van der Waals surface area contributed by atoms with Gasteiger partial charge in [0.2, 0.25) is 5.95 Å². The number of hydrogen-bond donors (Lipinski definition) is 1. The maximum Gasteiger partial charge on any atom is 0.255 e. The average molecular weight is 418 g/mol. The minimum Gasteiger partial charge on any atom is -0.348 e. The van der Waals surface area contributed by atoms with E-state index < -0.39 is 5.82 Å². The first-order valence-corrected chi connectivity index (χ1v) is 8.31. The number of nitrogens with one attached hydrogen (secondary N) is 1. The van der Waals surface area contributed by atoms with Crippen LogP contribution in [0.3, 0.4) is 0 Å². The fourth-order valence-corrected chi connectivity index (χ4v) is 2.81. The van der Waals surface area contributed by atoms with Crippen LogP contribution in [0.2, 0.25) is 0 Å². The molecule has 9 heteroatoms. The predicted octanol–water partition coefficient (Wildman–Crippen LogP) is 2.43. The van der Waals surface area contributed by atoms with Crippen molar-refractivity contribution in [2.45, 2.75) is 0 Å². The van der Waals surface area contributed by atoms with Gasteiger partial charge in [0.05, 0.1) is 17.9 Å². The van der Waals surface area contributed by atoms with Gasteiger partial charge in [-0.15, -0.1) is 0 Å². The Labute approximate surface area is 156 Å². The molecular formula is C17H13BrFN5O2. The van der Waals surface area contributed by atoms with E-state index >= 15 is 0 Å².